The molecule has 1 aromatic carbocycles. The Hall–Kier alpha value is -1.20. The predicted octanol–water partition coefficient (Wildman–Crippen LogP) is 2.84. The normalized spacial score (nSPS) is 26.5. The molecule has 0 spiro atoms. The Morgan fingerprint density at radius 1 is 1.19 bits per heavy atom. The summed E-state index contributed by atoms with van der Waals surface area (Å²) in [7, 11) is -3.49. The van der Waals surface area contributed by atoms with Crippen LogP contribution in [0.3, 0.4) is 0 Å². The van der Waals surface area contributed by atoms with Crippen LogP contribution in [0.2, 0.25) is 0 Å². The summed E-state index contributed by atoms with van der Waals surface area (Å²) >= 11 is 0. The van der Waals surface area contributed by atoms with Crippen molar-refractivity contribution in [3.05, 3.63) is 29.8 Å². The van der Waals surface area contributed by atoms with Crippen molar-refractivity contribution < 1.29 is 13.2 Å². The minimum Gasteiger partial charge on any atom is -0.295 e. The number of benzene rings is 1. The summed E-state index contributed by atoms with van der Waals surface area (Å²) in [4.78, 5) is 11.7. The van der Waals surface area contributed by atoms with Crippen molar-refractivity contribution in [1.29, 1.82) is 0 Å². The highest BCUT2D eigenvalue weighted by atomic mass is 32.2. The molecule has 2 fully saturated rings. The van der Waals surface area contributed by atoms with Gasteiger partial charge in [0.2, 0.25) is 10.0 Å². The maximum absolute atomic E-state index is 12.9. The zero-order chi connectivity index (χ0) is 15.0. The standard InChI is InChI=1S/C16H21NO3S/c1-12(18)14-6-2-8-15(11-14)21(19,20)17-10-4-7-13-5-3-9-16(13)17/h2,6,8,11,13,16H,3-5,7,9-10H2,1H3. The highest BCUT2D eigenvalue weighted by Gasteiger charge is 2.41. The van der Waals surface area contributed by atoms with Crippen LogP contribution in [0.15, 0.2) is 29.2 Å². The van der Waals surface area contributed by atoms with Gasteiger partial charge in [0.1, 0.15) is 0 Å². The molecule has 114 valence electrons. The highest BCUT2D eigenvalue weighted by Crippen LogP contribution is 2.39. The highest BCUT2D eigenvalue weighted by molar-refractivity contribution is 7.89. The molecule has 0 amide bonds. The molecule has 1 aromatic rings. The van der Waals surface area contributed by atoms with E-state index in [0.717, 1.165) is 32.1 Å². The lowest BCUT2D eigenvalue weighted by Gasteiger charge is -2.36. The number of carbonyl (C=O) groups is 1. The van der Waals surface area contributed by atoms with Gasteiger partial charge >= 0.3 is 0 Å². The van der Waals surface area contributed by atoms with E-state index in [9.17, 15) is 13.2 Å². The molecule has 0 N–H and O–H groups in total. The number of piperidine rings is 1. The van der Waals surface area contributed by atoms with Crippen LogP contribution in [0.4, 0.5) is 0 Å². The largest absolute Gasteiger partial charge is 0.295 e. The summed E-state index contributed by atoms with van der Waals surface area (Å²) in [6, 6.07) is 6.58. The molecule has 21 heavy (non-hydrogen) atoms. The number of fused-ring (bicyclic) bond motifs is 1. The fourth-order valence-corrected chi connectivity index (χ4v) is 5.52. The van der Waals surface area contributed by atoms with E-state index in [1.165, 1.54) is 13.0 Å². The Morgan fingerprint density at radius 2 is 1.95 bits per heavy atom. The molecule has 2 unspecified atom stereocenters. The van der Waals surface area contributed by atoms with Crippen LogP contribution >= 0.6 is 0 Å². The maximum Gasteiger partial charge on any atom is 0.243 e. The fraction of sp³-hybridized carbons (Fsp3) is 0.562. The van der Waals surface area contributed by atoms with Gasteiger partial charge in [-0.2, -0.15) is 4.31 Å². The molecule has 1 aliphatic carbocycles. The van der Waals surface area contributed by atoms with E-state index in [-0.39, 0.29) is 16.7 Å². The van der Waals surface area contributed by atoms with Gasteiger partial charge in [-0.15, -0.1) is 0 Å². The number of hydrogen-bond acceptors (Lipinski definition) is 3. The maximum atomic E-state index is 12.9. The number of nitrogens with zero attached hydrogens (tertiary/aromatic N) is 1. The van der Waals surface area contributed by atoms with Crippen LogP contribution in [-0.2, 0) is 10.0 Å². The number of sulfonamides is 1. The Morgan fingerprint density at radius 3 is 2.71 bits per heavy atom. The predicted molar refractivity (Wildman–Crippen MR) is 80.7 cm³/mol. The lowest BCUT2D eigenvalue weighted by Crippen LogP contribution is -2.46. The van der Waals surface area contributed by atoms with Gasteiger partial charge in [-0.1, -0.05) is 18.6 Å². The third kappa shape index (κ3) is 2.64. The summed E-state index contributed by atoms with van der Waals surface area (Å²) in [5, 5.41) is 0. The Labute approximate surface area is 126 Å². The number of ketones is 1. The molecule has 1 heterocycles. The van der Waals surface area contributed by atoms with E-state index >= 15 is 0 Å². The topological polar surface area (TPSA) is 54.5 Å². The summed E-state index contributed by atoms with van der Waals surface area (Å²) in [5.74, 6) is 0.411. The van der Waals surface area contributed by atoms with Gasteiger partial charge in [-0.25, -0.2) is 8.42 Å². The van der Waals surface area contributed by atoms with Crippen LogP contribution in [-0.4, -0.2) is 31.1 Å². The summed E-state index contributed by atoms with van der Waals surface area (Å²) in [6.07, 6.45) is 5.31. The van der Waals surface area contributed by atoms with Gasteiger partial charge in [-0.05, 0) is 50.7 Å². The number of rotatable bonds is 3. The molecule has 1 aliphatic heterocycles. The van der Waals surface area contributed by atoms with Crippen molar-refractivity contribution in [1.82, 2.24) is 4.31 Å². The third-order valence-electron chi connectivity index (χ3n) is 4.79. The van der Waals surface area contributed by atoms with E-state index in [4.69, 9.17) is 0 Å². The summed E-state index contributed by atoms with van der Waals surface area (Å²) in [5.41, 5.74) is 0.455. The Bertz CT molecular complexity index is 653. The number of Topliss-reactive ketones (excluding diaryl/α,β-unsaturated/α-hetero) is 1. The first-order valence-corrected chi connectivity index (χ1v) is 9.07. The number of hydrogen-bond donors (Lipinski definition) is 0. The molecular formula is C16H21NO3S. The average molecular weight is 307 g/mol. The zero-order valence-corrected chi connectivity index (χ0v) is 13.1. The molecule has 1 saturated heterocycles. The molecule has 4 nitrogen and oxygen atoms in total. The second-order valence-corrected chi connectivity index (χ2v) is 7.99. The first-order chi connectivity index (χ1) is 10.00. The lowest BCUT2D eigenvalue weighted by atomic mass is 9.94. The molecule has 2 aliphatic rings. The van der Waals surface area contributed by atoms with Crippen LogP contribution in [0.1, 0.15) is 49.4 Å². The monoisotopic (exact) mass is 307 g/mol. The summed E-state index contributed by atoms with van der Waals surface area (Å²) < 4.78 is 27.5. The Balaban J connectivity index is 1.96. The van der Waals surface area contributed by atoms with Gasteiger partial charge < -0.3 is 0 Å². The van der Waals surface area contributed by atoms with Crippen LogP contribution in [0, 0.1) is 5.92 Å². The van der Waals surface area contributed by atoms with Gasteiger partial charge in [-0.3, -0.25) is 4.79 Å². The van der Waals surface area contributed by atoms with E-state index in [0.29, 0.717) is 18.0 Å². The summed E-state index contributed by atoms with van der Waals surface area (Å²) in [6.45, 7) is 2.06. The quantitative estimate of drug-likeness (QED) is 0.807. The molecule has 0 radical (unpaired) electrons. The van der Waals surface area contributed by atoms with Crippen LogP contribution < -0.4 is 0 Å². The molecule has 1 saturated carbocycles. The number of carbonyl (C=O) groups excluding carboxylic acids is 1. The zero-order valence-electron chi connectivity index (χ0n) is 12.3. The van der Waals surface area contributed by atoms with Gasteiger partial charge in [0.15, 0.2) is 5.78 Å². The van der Waals surface area contributed by atoms with Crippen molar-refractivity contribution in [2.75, 3.05) is 6.54 Å². The molecule has 2 atom stereocenters. The molecule has 0 bridgehead atoms. The van der Waals surface area contributed by atoms with Gasteiger partial charge in [0.05, 0.1) is 4.90 Å². The Kier molecular flexibility index (Phi) is 3.88. The van der Waals surface area contributed by atoms with Crippen molar-refractivity contribution >= 4 is 15.8 Å². The van der Waals surface area contributed by atoms with Gasteiger partial charge in [0, 0.05) is 18.2 Å². The minimum atomic E-state index is -3.49. The van der Waals surface area contributed by atoms with Crippen LogP contribution in [0.25, 0.3) is 0 Å². The van der Waals surface area contributed by atoms with Gasteiger partial charge in [0.25, 0.3) is 0 Å². The second kappa shape index (κ2) is 5.54. The van der Waals surface area contributed by atoms with Crippen molar-refractivity contribution in [3.63, 3.8) is 0 Å². The van der Waals surface area contributed by atoms with Crippen LogP contribution in [0.5, 0.6) is 0 Å². The van der Waals surface area contributed by atoms with Crippen molar-refractivity contribution in [3.8, 4) is 0 Å². The second-order valence-electron chi connectivity index (χ2n) is 6.10. The smallest absolute Gasteiger partial charge is 0.243 e. The lowest BCUT2D eigenvalue weighted by molar-refractivity contribution is 0.101. The van der Waals surface area contributed by atoms with Crippen molar-refractivity contribution in [2.24, 2.45) is 5.92 Å². The molecular weight excluding hydrogens is 286 g/mol. The average Bonchev–Trinajstić information content (AvgIpc) is 2.95. The van der Waals surface area contributed by atoms with E-state index in [1.54, 1.807) is 22.5 Å². The first-order valence-electron chi connectivity index (χ1n) is 7.63. The fourth-order valence-electron chi connectivity index (χ4n) is 3.72. The van der Waals surface area contributed by atoms with E-state index < -0.39 is 10.0 Å². The first kappa shape index (κ1) is 14.7. The third-order valence-corrected chi connectivity index (χ3v) is 6.71. The molecule has 5 heteroatoms. The van der Waals surface area contributed by atoms with Crippen molar-refractivity contribution in [2.45, 2.75) is 50.0 Å². The van der Waals surface area contributed by atoms with E-state index in [2.05, 4.69) is 0 Å². The minimum absolute atomic E-state index is 0.107. The SMILES string of the molecule is CC(=O)c1cccc(S(=O)(=O)N2CCCC3CCCC32)c1. The molecule has 0 aromatic heterocycles. The van der Waals surface area contributed by atoms with E-state index in [1.807, 2.05) is 0 Å². The molecule has 3 rings (SSSR count).